The number of rotatable bonds is 1. The summed E-state index contributed by atoms with van der Waals surface area (Å²) in [5, 5.41) is 2.68. The van der Waals surface area contributed by atoms with Crippen molar-refractivity contribution in [2.24, 2.45) is 0 Å². The van der Waals surface area contributed by atoms with Crippen molar-refractivity contribution in [1.82, 2.24) is 0 Å². The average molecular weight is 277 g/mol. The van der Waals surface area contributed by atoms with Gasteiger partial charge in [0.15, 0.2) is 0 Å². The molecule has 2 N–H and O–H groups in total. The third-order valence-corrected chi connectivity index (χ3v) is 4.33. The fraction of sp³-hybridized carbons (Fsp3) is 0.111. The van der Waals surface area contributed by atoms with Crippen molar-refractivity contribution in [3.8, 4) is 0 Å². The zero-order valence-corrected chi connectivity index (χ0v) is 9.84. The largest absolute Gasteiger partial charge is 0.398 e. The second-order valence-corrected chi connectivity index (χ2v) is 4.83. The van der Waals surface area contributed by atoms with Crippen LogP contribution in [0.5, 0.6) is 0 Å². The molecule has 68 valence electrons. The molecule has 0 aliphatic rings. The van der Waals surface area contributed by atoms with Crippen LogP contribution < -0.4 is 5.73 Å². The highest BCUT2D eigenvalue weighted by Gasteiger charge is 2.06. The summed E-state index contributed by atoms with van der Waals surface area (Å²) in [6, 6.07) is 5.76. The maximum absolute atomic E-state index is 6.04. The Morgan fingerprint density at radius 2 is 2.23 bits per heavy atom. The Morgan fingerprint density at radius 1 is 1.46 bits per heavy atom. The van der Waals surface area contributed by atoms with Gasteiger partial charge in [0.2, 0.25) is 0 Å². The van der Waals surface area contributed by atoms with Crippen LogP contribution in [0.25, 0.3) is 10.1 Å². The first-order chi connectivity index (χ1) is 6.22. The Labute approximate surface area is 93.6 Å². The maximum Gasteiger partial charge on any atom is 0.0590 e. The van der Waals surface area contributed by atoms with E-state index in [1.54, 1.807) is 11.3 Å². The fourth-order valence-corrected chi connectivity index (χ4v) is 2.96. The van der Waals surface area contributed by atoms with Crippen molar-refractivity contribution in [1.29, 1.82) is 0 Å². The lowest BCUT2D eigenvalue weighted by atomic mass is 10.2. The van der Waals surface area contributed by atoms with Crippen LogP contribution >= 0.6 is 38.9 Å². The van der Waals surface area contributed by atoms with E-state index in [1.165, 1.54) is 4.88 Å². The van der Waals surface area contributed by atoms with E-state index in [1.807, 2.05) is 12.1 Å². The van der Waals surface area contributed by atoms with E-state index in [0.717, 1.165) is 26.1 Å². The highest BCUT2D eigenvalue weighted by Crippen LogP contribution is 2.35. The third-order valence-electron chi connectivity index (χ3n) is 1.84. The summed E-state index contributed by atoms with van der Waals surface area (Å²) < 4.78 is 1.09. The summed E-state index contributed by atoms with van der Waals surface area (Å²) in [4.78, 5) is 1.25. The van der Waals surface area contributed by atoms with Gasteiger partial charge in [-0.2, -0.15) is 0 Å². The number of benzene rings is 1. The summed E-state index contributed by atoms with van der Waals surface area (Å²) in [5.41, 5.74) is 6.63. The smallest absolute Gasteiger partial charge is 0.0590 e. The number of thiophene rings is 1. The molecule has 2 rings (SSSR count). The van der Waals surface area contributed by atoms with Crippen LogP contribution in [0, 0.1) is 0 Å². The van der Waals surface area contributed by atoms with E-state index in [4.69, 9.17) is 17.3 Å². The molecule has 0 amide bonds. The lowest BCUT2D eigenvalue weighted by Gasteiger charge is -1.96. The van der Waals surface area contributed by atoms with Crippen molar-refractivity contribution in [3.63, 3.8) is 0 Å². The van der Waals surface area contributed by atoms with Crippen LogP contribution in [-0.4, -0.2) is 0 Å². The Kier molecular flexibility index (Phi) is 2.49. The first-order valence-corrected chi connectivity index (χ1v) is 6.06. The minimum absolute atomic E-state index is 0.771. The Hall–Kier alpha value is -0.250. The summed E-state index contributed by atoms with van der Waals surface area (Å²) >= 11 is 11.1. The molecule has 1 heterocycles. The monoisotopic (exact) mass is 275 g/mol. The average Bonchev–Trinajstić information content (AvgIpc) is 2.56. The van der Waals surface area contributed by atoms with Crippen molar-refractivity contribution >= 4 is 54.6 Å². The zero-order chi connectivity index (χ0) is 9.42. The summed E-state index contributed by atoms with van der Waals surface area (Å²) in [6.45, 7) is 0. The van der Waals surface area contributed by atoms with Gasteiger partial charge < -0.3 is 5.73 Å². The molecule has 0 saturated carbocycles. The molecule has 0 aliphatic heterocycles. The summed E-state index contributed by atoms with van der Waals surface area (Å²) in [7, 11) is 0. The van der Waals surface area contributed by atoms with Gasteiger partial charge in [0.05, 0.1) is 4.70 Å². The van der Waals surface area contributed by atoms with E-state index in [-0.39, 0.29) is 0 Å². The molecule has 2 aromatic rings. The lowest BCUT2D eigenvalue weighted by molar-refractivity contribution is 1.60. The van der Waals surface area contributed by atoms with Crippen LogP contribution in [0.3, 0.4) is 0 Å². The minimum Gasteiger partial charge on any atom is -0.398 e. The van der Waals surface area contributed by atoms with E-state index in [2.05, 4.69) is 22.0 Å². The number of anilines is 1. The van der Waals surface area contributed by atoms with Gasteiger partial charge in [0.1, 0.15) is 0 Å². The zero-order valence-electron chi connectivity index (χ0n) is 6.68. The van der Waals surface area contributed by atoms with Gasteiger partial charge in [0, 0.05) is 26.3 Å². The molecule has 0 fully saturated rings. The van der Waals surface area contributed by atoms with Crippen molar-refractivity contribution in [2.45, 2.75) is 5.33 Å². The van der Waals surface area contributed by atoms with Crippen molar-refractivity contribution < 1.29 is 0 Å². The third kappa shape index (κ3) is 1.56. The van der Waals surface area contributed by atoms with Gasteiger partial charge in [-0.3, -0.25) is 0 Å². The first kappa shape index (κ1) is 9.31. The molecule has 1 aromatic heterocycles. The van der Waals surface area contributed by atoms with E-state index in [9.17, 15) is 0 Å². The Morgan fingerprint density at radius 3 is 2.85 bits per heavy atom. The summed E-state index contributed by atoms with van der Waals surface area (Å²) in [5.74, 6) is 0. The first-order valence-electron chi connectivity index (χ1n) is 3.74. The lowest BCUT2D eigenvalue weighted by Crippen LogP contribution is -1.82. The van der Waals surface area contributed by atoms with Crippen molar-refractivity contribution in [3.05, 3.63) is 28.1 Å². The Bertz CT molecular complexity index is 413. The SMILES string of the molecule is Nc1ccc(Cl)c2cc(CBr)sc12. The second-order valence-electron chi connectivity index (χ2n) is 2.73. The molecule has 0 atom stereocenters. The van der Waals surface area contributed by atoms with E-state index >= 15 is 0 Å². The molecule has 13 heavy (non-hydrogen) atoms. The minimum atomic E-state index is 0.771. The highest BCUT2D eigenvalue weighted by atomic mass is 79.9. The van der Waals surface area contributed by atoms with Gasteiger partial charge in [-0.15, -0.1) is 11.3 Å². The molecule has 0 unspecified atom stereocenters. The molecular formula is C9H7BrClNS. The van der Waals surface area contributed by atoms with Gasteiger partial charge in [-0.1, -0.05) is 27.5 Å². The molecule has 0 aliphatic carbocycles. The molecule has 1 aromatic carbocycles. The number of alkyl halides is 1. The molecule has 4 heteroatoms. The van der Waals surface area contributed by atoms with E-state index < -0.39 is 0 Å². The standard InChI is InChI=1S/C9H7BrClNS/c10-4-5-3-6-7(11)1-2-8(12)9(6)13-5/h1-3H,4,12H2. The maximum atomic E-state index is 6.04. The fourth-order valence-electron chi connectivity index (χ4n) is 1.23. The summed E-state index contributed by atoms with van der Waals surface area (Å²) in [6.07, 6.45) is 0. The number of hydrogen-bond donors (Lipinski definition) is 1. The van der Waals surface area contributed by atoms with Gasteiger partial charge >= 0.3 is 0 Å². The van der Waals surface area contributed by atoms with Crippen LogP contribution in [0.1, 0.15) is 4.88 Å². The topological polar surface area (TPSA) is 26.0 Å². The predicted octanol–water partition coefficient (Wildman–Crippen LogP) is 4.03. The molecular weight excluding hydrogens is 270 g/mol. The van der Waals surface area contributed by atoms with E-state index in [0.29, 0.717) is 0 Å². The quantitative estimate of drug-likeness (QED) is 0.617. The molecule has 0 radical (unpaired) electrons. The highest BCUT2D eigenvalue weighted by molar-refractivity contribution is 9.08. The van der Waals surface area contributed by atoms with Crippen molar-refractivity contribution in [2.75, 3.05) is 5.73 Å². The van der Waals surface area contributed by atoms with Crippen LogP contribution in [-0.2, 0) is 5.33 Å². The van der Waals surface area contributed by atoms with Gasteiger partial charge in [0.25, 0.3) is 0 Å². The molecule has 0 spiro atoms. The number of halogens is 2. The predicted molar refractivity (Wildman–Crippen MR) is 63.9 cm³/mol. The van der Waals surface area contributed by atoms with Crippen LogP contribution in [0.2, 0.25) is 5.02 Å². The van der Waals surface area contributed by atoms with Crippen LogP contribution in [0.15, 0.2) is 18.2 Å². The molecule has 0 saturated heterocycles. The molecule has 1 nitrogen and oxygen atoms in total. The number of hydrogen-bond acceptors (Lipinski definition) is 2. The normalized spacial score (nSPS) is 10.9. The number of fused-ring (bicyclic) bond motifs is 1. The number of nitrogens with two attached hydrogens (primary N) is 1. The number of nitrogen functional groups attached to an aromatic ring is 1. The second kappa shape index (κ2) is 3.48. The van der Waals surface area contributed by atoms with Gasteiger partial charge in [-0.25, -0.2) is 0 Å². The van der Waals surface area contributed by atoms with Crippen LogP contribution in [0.4, 0.5) is 5.69 Å². The van der Waals surface area contributed by atoms with Gasteiger partial charge in [-0.05, 0) is 18.2 Å². The molecule has 0 bridgehead atoms. The Balaban J connectivity index is 2.80.